The van der Waals surface area contributed by atoms with Crippen molar-refractivity contribution in [3.05, 3.63) is 34.3 Å². The van der Waals surface area contributed by atoms with Gasteiger partial charge in [-0.2, -0.15) is 0 Å². The van der Waals surface area contributed by atoms with Crippen LogP contribution in [0, 0.1) is 6.92 Å². The SMILES string of the molecule is Cc1ccc(CC(=O)C(C)(C)N2CCOCC2)c(Cl)c1. The highest BCUT2D eigenvalue weighted by Gasteiger charge is 2.35. The highest BCUT2D eigenvalue weighted by molar-refractivity contribution is 6.31. The zero-order valence-electron chi connectivity index (χ0n) is 12.4. The first-order chi connectivity index (χ1) is 9.41. The molecular formula is C16H22ClNO2. The van der Waals surface area contributed by atoms with Gasteiger partial charge in [0.2, 0.25) is 0 Å². The molecular weight excluding hydrogens is 274 g/mol. The third-order valence-corrected chi connectivity index (χ3v) is 4.40. The minimum Gasteiger partial charge on any atom is -0.379 e. The molecule has 1 aromatic carbocycles. The molecule has 20 heavy (non-hydrogen) atoms. The highest BCUT2D eigenvalue weighted by atomic mass is 35.5. The average Bonchev–Trinajstić information content (AvgIpc) is 2.42. The normalized spacial score (nSPS) is 17.2. The van der Waals surface area contributed by atoms with Gasteiger partial charge in [-0.15, -0.1) is 0 Å². The maximum absolute atomic E-state index is 12.6. The van der Waals surface area contributed by atoms with Crippen molar-refractivity contribution >= 4 is 17.4 Å². The van der Waals surface area contributed by atoms with E-state index in [0.29, 0.717) is 24.7 Å². The third kappa shape index (κ3) is 3.40. The molecule has 0 unspecified atom stereocenters. The summed E-state index contributed by atoms with van der Waals surface area (Å²) in [5.74, 6) is 0.199. The van der Waals surface area contributed by atoms with E-state index in [2.05, 4.69) is 4.90 Å². The maximum atomic E-state index is 12.6. The Morgan fingerprint density at radius 1 is 1.35 bits per heavy atom. The number of ketones is 1. The van der Waals surface area contributed by atoms with Crippen LogP contribution in [0.4, 0.5) is 0 Å². The number of aryl methyl sites for hydroxylation is 1. The summed E-state index contributed by atoms with van der Waals surface area (Å²) in [5, 5.41) is 0.677. The Labute approximate surface area is 125 Å². The third-order valence-electron chi connectivity index (χ3n) is 4.04. The quantitative estimate of drug-likeness (QED) is 0.855. The molecule has 0 spiro atoms. The number of morpholine rings is 1. The molecule has 0 amide bonds. The summed E-state index contributed by atoms with van der Waals surface area (Å²) in [6.45, 7) is 8.98. The fraction of sp³-hybridized carbons (Fsp3) is 0.562. The Bertz CT molecular complexity index is 493. The molecule has 0 aromatic heterocycles. The van der Waals surface area contributed by atoms with Crippen molar-refractivity contribution in [2.75, 3.05) is 26.3 Å². The molecule has 0 atom stereocenters. The number of halogens is 1. The lowest BCUT2D eigenvalue weighted by molar-refractivity contribution is -0.131. The first-order valence-corrected chi connectivity index (χ1v) is 7.40. The van der Waals surface area contributed by atoms with E-state index in [4.69, 9.17) is 16.3 Å². The van der Waals surface area contributed by atoms with Crippen LogP contribution in [0.3, 0.4) is 0 Å². The van der Waals surface area contributed by atoms with Crippen molar-refractivity contribution < 1.29 is 9.53 Å². The minimum absolute atomic E-state index is 0.199. The van der Waals surface area contributed by atoms with E-state index in [1.165, 1.54) is 0 Å². The van der Waals surface area contributed by atoms with Gasteiger partial charge in [-0.25, -0.2) is 0 Å². The number of rotatable bonds is 4. The molecule has 2 rings (SSSR count). The standard InChI is InChI=1S/C16H22ClNO2/c1-12-4-5-13(14(17)10-12)11-15(19)16(2,3)18-6-8-20-9-7-18/h4-5,10H,6-9,11H2,1-3H3. The molecule has 1 aliphatic heterocycles. The Kier molecular flexibility index (Phi) is 4.84. The van der Waals surface area contributed by atoms with Crippen LogP contribution >= 0.6 is 11.6 Å². The number of carbonyl (C=O) groups excluding carboxylic acids is 1. The number of hydrogen-bond acceptors (Lipinski definition) is 3. The molecule has 110 valence electrons. The maximum Gasteiger partial charge on any atom is 0.156 e. The van der Waals surface area contributed by atoms with E-state index in [-0.39, 0.29) is 5.78 Å². The highest BCUT2D eigenvalue weighted by Crippen LogP contribution is 2.23. The zero-order valence-corrected chi connectivity index (χ0v) is 13.2. The van der Waals surface area contributed by atoms with Gasteiger partial charge >= 0.3 is 0 Å². The number of ether oxygens (including phenoxy) is 1. The number of Topliss-reactive ketones (excluding diaryl/α,β-unsaturated/α-hetero) is 1. The minimum atomic E-state index is -0.474. The second-order valence-electron chi connectivity index (χ2n) is 5.85. The average molecular weight is 296 g/mol. The van der Waals surface area contributed by atoms with Gasteiger partial charge in [0.05, 0.1) is 18.8 Å². The van der Waals surface area contributed by atoms with E-state index in [1.807, 2.05) is 39.0 Å². The zero-order chi connectivity index (χ0) is 14.8. The van der Waals surface area contributed by atoms with Gasteiger partial charge in [-0.1, -0.05) is 23.7 Å². The van der Waals surface area contributed by atoms with Crippen LogP contribution in [0.15, 0.2) is 18.2 Å². The van der Waals surface area contributed by atoms with Gasteiger partial charge in [0.1, 0.15) is 0 Å². The van der Waals surface area contributed by atoms with Crippen molar-refractivity contribution in [2.24, 2.45) is 0 Å². The lowest BCUT2D eigenvalue weighted by atomic mass is 9.91. The summed E-state index contributed by atoms with van der Waals surface area (Å²) in [4.78, 5) is 14.8. The predicted molar refractivity (Wildman–Crippen MR) is 81.4 cm³/mol. The summed E-state index contributed by atoms with van der Waals surface area (Å²) in [6, 6.07) is 5.85. The molecule has 4 heteroatoms. The fourth-order valence-corrected chi connectivity index (χ4v) is 2.79. The lowest BCUT2D eigenvalue weighted by Gasteiger charge is -2.39. The molecule has 1 saturated heterocycles. The van der Waals surface area contributed by atoms with Crippen LogP contribution in [-0.2, 0) is 16.0 Å². The van der Waals surface area contributed by atoms with Crippen molar-refractivity contribution in [3.8, 4) is 0 Å². The largest absolute Gasteiger partial charge is 0.379 e. The van der Waals surface area contributed by atoms with Crippen LogP contribution in [0.2, 0.25) is 5.02 Å². The van der Waals surface area contributed by atoms with E-state index >= 15 is 0 Å². The van der Waals surface area contributed by atoms with Crippen molar-refractivity contribution in [2.45, 2.75) is 32.7 Å². The van der Waals surface area contributed by atoms with Crippen LogP contribution in [0.5, 0.6) is 0 Å². The topological polar surface area (TPSA) is 29.5 Å². The number of carbonyl (C=O) groups is 1. The van der Waals surface area contributed by atoms with Gasteiger partial charge < -0.3 is 4.74 Å². The summed E-state index contributed by atoms with van der Waals surface area (Å²) >= 11 is 6.22. The monoisotopic (exact) mass is 295 g/mol. The summed E-state index contributed by atoms with van der Waals surface area (Å²) in [7, 11) is 0. The number of nitrogens with zero attached hydrogens (tertiary/aromatic N) is 1. The van der Waals surface area contributed by atoms with Crippen LogP contribution in [0.25, 0.3) is 0 Å². The molecule has 0 saturated carbocycles. The van der Waals surface area contributed by atoms with Crippen molar-refractivity contribution in [1.82, 2.24) is 4.90 Å². The molecule has 0 N–H and O–H groups in total. The van der Waals surface area contributed by atoms with Gasteiger partial charge in [0.25, 0.3) is 0 Å². The molecule has 3 nitrogen and oxygen atoms in total. The van der Waals surface area contributed by atoms with E-state index in [9.17, 15) is 4.79 Å². The van der Waals surface area contributed by atoms with Crippen molar-refractivity contribution in [3.63, 3.8) is 0 Å². The Hall–Kier alpha value is -0.900. The van der Waals surface area contributed by atoms with Gasteiger partial charge in [0, 0.05) is 24.5 Å². The summed E-state index contributed by atoms with van der Waals surface area (Å²) < 4.78 is 5.35. The van der Waals surface area contributed by atoms with Gasteiger partial charge in [-0.05, 0) is 38.0 Å². The molecule has 0 radical (unpaired) electrons. The molecule has 1 aromatic rings. The molecule has 1 heterocycles. The Balaban J connectivity index is 2.09. The Morgan fingerprint density at radius 2 is 2.00 bits per heavy atom. The molecule has 1 aliphatic rings. The smallest absolute Gasteiger partial charge is 0.156 e. The summed E-state index contributed by atoms with van der Waals surface area (Å²) in [6.07, 6.45) is 0.378. The second-order valence-corrected chi connectivity index (χ2v) is 6.26. The van der Waals surface area contributed by atoms with E-state index in [0.717, 1.165) is 24.2 Å². The van der Waals surface area contributed by atoms with Crippen molar-refractivity contribution in [1.29, 1.82) is 0 Å². The van der Waals surface area contributed by atoms with Crippen LogP contribution in [-0.4, -0.2) is 42.5 Å². The van der Waals surface area contributed by atoms with E-state index < -0.39 is 5.54 Å². The fourth-order valence-electron chi connectivity index (χ4n) is 2.48. The predicted octanol–water partition coefficient (Wildman–Crippen LogP) is 2.87. The van der Waals surface area contributed by atoms with Gasteiger partial charge in [-0.3, -0.25) is 9.69 Å². The first kappa shape index (κ1) is 15.5. The van der Waals surface area contributed by atoms with E-state index in [1.54, 1.807) is 0 Å². The van der Waals surface area contributed by atoms with Crippen LogP contribution < -0.4 is 0 Å². The molecule has 1 fully saturated rings. The lowest BCUT2D eigenvalue weighted by Crippen LogP contribution is -2.54. The number of benzene rings is 1. The van der Waals surface area contributed by atoms with Gasteiger partial charge in [0.15, 0.2) is 5.78 Å². The second kappa shape index (κ2) is 6.25. The molecule has 0 bridgehead atoms. The Morgan fingerprint density at radius 3 is 2.60 bits per heavy atom. The number of hydrogen-bond donors (Lipinski definition) is 0. The molecule has 0 aliphatic carbocycles. The first-order valence-electron chi connectivity index (χ1n) is 7.02. The van der Waals surface area contributed by atoms with Crippen LogP contribution in [0.1, 0.15) is 25.0 Å². The summed E-state index contributed by atoms with van der Waals surface area (Å²) in [5.41, 5.74) is 1.54.